The molecule has 0 N–H and O–H groups in total. The summed E-state index contributed by atoms with van der Waals surface area (Å²) in [5.41, 5.74) is 0.794. The zero-order valence-electron chi connectivity index (χ0n) is 11.4. The Morgan fingerprint density at radius 1 is 1.42 bits per heavy atom. The van der Waals surface area contributed by atoms with Crippen molar-refractivity contribution in [2.75, 3.05) is 13.1 Å². The number of likely N-dealkylation sites (N-methyl/N-ethyl adjacent to an activating group) is 1. The summed E-state index contributed by atoms with van der Waals surface area (Å²) in [4.78, 5) is 14.3. The van der Waals surface area contributed by atoms with Gasteiger partial charge in [0.25, 0.3) is 0 Å². The van der Waals surface area contributed by atoms with Crippen LogP contribution in [-0.2, 0) is 4.79 Å². The summed E-state index contributed by atoms with van der Waals surface area (Å²) >= 11 is 0. The van der Waals surface area contributed by atoms with Gasteiger partial charge in [-0.1, -0.05) is 36.8 Å². The van der Waals surface area contributed by atoms with Gasteiger partial charge in [0.15, 0.2) is 0 Å². The Hall–Kier alpha value is -1.82. The zero-order valence-corrected chi connectivity index (χ0v) is 11.4. The highest BCUT2D eigenvalue weighted by molar-refractivity contribution is 5.86. The van der Waals surface area contributed by atoms with E-state index in [4.69, 9.17) is 0 Å². The summed E-state index contributed by atoms with van der Waals surface area (Å²) in [5, 5.41) is 9.30. The van der Waals surface area contributed by atoms with Crippen LogP contribution in [0, 0.1) is 17.2 Å². The summed E-state index contributed by atoms with van der Waals surface area (Å²) in [7, 11) is 0. The molecule has 1 aliphatic rings. The number of nitriles is 1. The lowest BCUT2D eigenvalue weighted by molar-refractivity contribution is -0.132. The second kappa shape index (κ2) is 6.38. The van der Waals surface area contributed by atoms with Gasteiger partial charge in [0.05, 0.1) is 6.07 Å². The molecule has 1 unspecified atom stereocenters. The van der Waals surface area contributed by atoms with Gasteiger partial charge in [-0.2, -0.15) is 5.26 Å². The number of nitrogens with zero attached hydrogens (tertiary/aromatic N) is 2. The summed E-state index contributed by atoms with van der Waals surface area (Å²) in [6, 6.07) is 11.5. The SMILES string of the molecule is CCN(CC1CCC1)C(=O)C(C#N)c1ccccc1. The van der Waals surface area contributed by atoms with E-state index in [1.54, 1.807) is 0 Å². The van der Waals surface area contributed by atoms with Crippen LogP contribution in [0.1, 0.15) is 37.7 Å². The molecule has 19 heavy (non-hydrogen) atoms. The second-order valence-electron chi connectivity index (χ2n) is 5.15. The van der Waals surface area contributed by atoms with Crippen LogP contribution in [0.5, 0.6) is 0 Å². The van der Waals surface area contributed by atoms with E-state index in [1.807, 2.05) is 42.2 Å². The van der Waals surface area contributed by atoms with Crippen molar-refractivity contribution in [3.8, 4) is 6.07 Å². The molecule has 1 atom stereocenters. The molecule has 1 aliphatic carbocycles. The molecule has 1 amide bonds. The molecule has 1 fully saturated rings. The summed E-state index contributed by atoms with van der Waals surface area (Å²) in [6.07, 6.45) is 3.70. The van der Waals surface area contributed by atoms with E-state index in [1.165, 1.54) is 19.3 Å². The summed E-state index contributed by atoms with van der Waals surface area (Å²) < 4.78 is 0. The van der Waals surface area contributed by atoms with Crippen LogP contribution < -0.4 is 0 Å². The monoisotopic (exact) mass is 256 g/mol. The zero-order chi connectivity index (χ0) is 13.7. The number of hydrogen-bond acceptors (Lipinski definition) is 2. The molecule has 0 bridgehead atoms. The van der Waals surface area contributed by atoms with Crippen LogP contribution in [0.25, 0.3) is 0 Å². The fourth-order valence-electron chi connectivity index (χ4n) is 2.46. The largest absolute Gasteiger partial charge is 0.341 e. The lowest BCUT2D eigenvalue weighted by Gasteiger charge is -2.32. The Bertz CT molecular complexity index is 459. The first-order valence-electron chi connectivity index (χ1n) is 6.99. The van der Waals surface area contributed by atoms with Crippen LogP contribution in [0.15, 0.2) is 30.3 Å². The molecule has 1 aromatic carbocycles. The fourth-order valence-corrected chi connectivity index (χ4v) is 2.46. The lowest BCUT2D eigenvalue weighted by atomic mass is 9.85. The Morgan fingerprint density at radius 3 is 2.58 bits per heavy atom. The average molecular weight is 256 g/mol. The maximum Gasteiger partial charge on any atom is 0.244 e. The van der Waals surface area contributed by atoms with Gasteiger partial charge >= 0.3 is 0 Å². The third-order valence-electron chi connectivity index (χ3n) is 3.91. The topological polar surface area (TPSA) is 44.1 Å². The predicted octanol–water partition coefficient (Wildman–Crippen LogP) is 2.94. The van der Waals surface area contributed by atoms with Gasteiger partial charge in [0.2, 0.25) is 5.91 Å². The molecular formula is C16H20N2O. The molecule has 3 nitrogen and oxygen atoms in total. The standard InChI is InChI=1S/C16H20N2O/c1-2-18(12-13-7-6-8-13)16(19)15(11-17)14-9-4-3-5-10-14/h3-5,9-10,13,15H,2,6-8,12H2,1H3. The number of rotatable bonds is 5. The second-order valence-corrected chi connectivity index (χ2v) is 5.15. The van der Waals surface area contributed by atoms with Gasteiger partial charge in [-0.3, -0.25) is 4.79 Å². The van der Waals surface area contributed by atoms with E-state index in [9.17, 15) is 10.1 Å². The third-order valence-corrected chi connectivity index (χ3v) is 3.91. The van der Waals surface area contributed by atoms with Gasteiger partial charge in [-0.05, 0) is 31.2 Å². The summed E-state index contributed by atoms with van der Waals surface area (Å²) in [5.74, 6) is -0.0802. The molecule has 0 saturated heterocycles. The number of amides is 1. The predicted molar refractivity (Wildman–Crippen MR) is 74.4 cm³/mol. The van der Waals surface area contributed by atoms with E-state index in [2.05, 4.69) is 6.07 Å². The number of carbonyl (C=O) groups is 1. The first-order valence-corrected chi connectivity index (χ1v) is 6.99. The molecule has 0 spiro atoms. The molecule has 1 aromatic rings. The number of hydrogen-bond donors (Lipinski definition) is 0. The van der Waals surface area contributed by atoms with Crippen LogP contribution in [0.4, 0.5) is 0 Å². The highest BCUT2D eigenvalue weighted by Crippen LogP contribution is 2.28. The third kappa shape index (κ3) is 3.14. The van der Waals surface area contributed by atoms with Gasteiger partial charge in [-0.25, -0.2) is 0 Å². The highest BCUT2D eigenvalue weighted by atomic mass is 16.2. The molecule has 0 aliphatic heterocycles. The Morgan fingerprint density at radius 2 is 2.11 bits per heavy atom. The van der Waals surface area contributed by atoms with Crippen molar-refractivity contribution in [1.82, 2.24) is 4.90 Å². The van der Waals surface area contributed by atoms with Crippen molar-refractivity contribution in [3.63, 3.8) is 0 Å². The van der Waals surface area contributed by atoms with Crippen LogP contribution in [-0.4, -0.2) is 23.9 Å². The molecule has 0 aromatic heterocycles. The van der Waals surface area contributed by atoms with Crippen molar-refractivity contribution < 1.29 is 4.79 Å². The first-order chi connectivity index (χ1) is 9.26. The first kappa shape index (κ1) is 13.6. The van der Waals surface area contributed by atoms with Crippen molar-refractivity contribution in [2.24, 2.45) is 5.92 Å². The molecule has 0 radical (unpaired) electrons. The van der Waals surface area contributed by atoms with Crippen molar-refractivity contribution >= 4 is 5.91 Å². The van der Waals surface area contributed by atoms with Gasteiger partial charge in [-0.15, -0.1) is 0 Å². The van der Waals surface area contributed by atoms with E-state index in [0.29, 0.717) is 12.5 Å². The van der Waals surface area contributed by atoms with E-state index >= 15 is 0 Å². The van der Waals surface area contributed by atoms with Crippen molar-refractivity contribution in [1.29, 1.82) is 5.26 Å². The smallest absolute Gasteiger partial charge is 0.244 e. The molecule has 3 heteroatoms. The highest BCUT2D eigenvalue weighted by Gasteiger charge is 2.28. The Balaban J connectivity index is 2.08. The maximum atomic E-state index is 12.5. The molecular weight excluding hydrogens is 236 g/mol. The van der Waals surface area contributed by atoms with Gasteiger partial charge < -0.3 is 4.90 Å². The minimum atomic E-state index is -0.666. The maximum absolute atomic E-state index is 12.5. The quantitative estimate of drug-likeness (QED) is 0.813. The Kier molecular flexibility index (Phi) is 4.57. The van der Waals surface area contributed by atoms with Gasteiger partial charge in [0.1, 0.15) is 5.92 Å². The molecule has 1 saturated carbocycles. The minimum Gasteiger partial charge on any atom is -0.341 e. The molecule has 100 valence electrons. The number of carbonyl (C=O) groups excluding carboxylic acids is 1. The van der Waals surface area contributed by atoms with E-state index in [0.717, 1.165) is 12.1 Å². The lowest BCUT2D eigenvalue weighted by Crippen LogP contribution is -2.39. The van der Waals surface area contributed by atoms with Crippen LogP contribution in [0.2, 0.25) is 0 Å². The van der Waals surface area contributed by atoms with Crippen LogP contribution in [0.3, 0.4) is 0 Å². The average Bonchev–Trinajstić information content (AvgIpc) is 2.39. The Labute approximate surface area is 114 Å². The molecule has 0 heterocycles. The minimum absolute atomic E-state index is 0.0527. The van der Waals surface area contributed by atoms with Gasteiger partial charge in [0, 0.05) is 13.1 Å². The van der Waals surface area contributed by atoms with Crippen LogP contribution >= 0.6 is 0 Å². The van der Waals surface area contributed by atoms with E-state index < -0.39 is 5.92 Å². The van der Waals surface area contributed by atoms with Crippen molar-refractivity contribution in [2.45, 2.75) is 32.1 Å². The number of benzene rings is 1. The van der Waals surface area contributed by atoms with E-state index in [-0.39, 0.29) is 5.91 Å². The normalized spacial score (nSPS) is 16.2. The van der Waals surface area contributed by atoms with Crippen molar-refractivity contribution in [3.05, 3.63) is 35.9 Å². The fraction of sp³-hybridized carbons (Fsp3) is 0.500. The summed E-state index contributed by atoms with van der Waals surface area (Å²) in [6.45, 7) is 3.47. The molecule has 2 rings (SSSR count).